The predicted molar refractivity (Wildman–Crippen MR) is 57.4 cm³/mol. The first-order valence-corrected chi connectivity index (χ1v) is 5.32. The van der Waals surface area contributed by atoms with Gasteiger partial charge in [0.1, 0.15) is 0 Å². The first-order valence-electron chi connectivity index (χ1n) is 5.32. The summed E-state index contributed by atoms with van der Waals surface area (Å²) in [5.74, 6) is 0.525. The number of carbonyl (C=O) groups excluding carboxylic acids is 1. The van der Waals surface area contributed by atoms with Crippen LogP contribution in [0.3, 0.4) is 0 Å². The Bertz CT molecular complexity index is 413. The van der Waals surface area contributed by atoms with Crippen LogP contribution < -0.4 is 0 Å². The van der Waals surface area contributed by atoms with E-state index in [4.69, 9.17) is 5.26 Å². The molecule has 0 N–H and O–H groups in total. The molecule has 1 aliphatic carbocycles. The second-order valence-electron chi connectivity index (χ2n) is 3.95. The topological polar surface area (TPSA) is 40.9 Å². The van der Waals surface area contributed by atoms with Crippen LogP contribution in [0.4, 0.5) is 0 Å². The number of hydrogen-bond acceptors (Lipinski definition) is 2. The summed E-state index contributed by atoms with van der Waals surface area (Å²) in [6.45, 7) is 0. The molecule has 15 heavy (non-hydrogen) atoms. The van der Waals surface area contributed by atoms with Crippen molar-refractivity contribution < 1.29 is 4.79 Å². The van der Waals surface area contributed by atoms with Gasteiger partial charge >= 0.3 is 0 Å². The van der Waals surface area contributed by atoms with E-state index in [9.17, 15) is 4.79 Å². The van der Waals surface area contributed by atoms with Crippen LogP contribution in [0, 0.1) is 17.2 Å². The molecular weight excluding hydrogens is 186 g/mol. The fourth-order valence-electron chi connectivity index (χ4n) is 1.73. The van der Waals surface area contributed by atoms with Crippen LogP contribution in [-0.2, 0) is 6.42 Å². The van der Waals surface area contributed by atoms with Gasteiger partial charge < -0.3 is 0 Å². The molecular formula is C13H13NO. The van der Waals surface area contributed by atoms with Crippen molar-refractivity contribution in [2.24, 2.45) is 5.92 Å². The molecule has 0 aliphatic heterocycles. The molecule has 0 radical (unpaired) electrons. The van der Waals surface area contributed by atoms with Gasteiger partial charge in [-0.15, -0.1) is 0 Å². The fourth-order valence-corrected chi connectivity index (χ4v) is 1.73. The Morgan fingerprint density at radius 3 is 2.80 bits per heavy atom. The molecule has 1 aromatic carbocycles. The summed E-state index contributed by atoms with van der Waals surface area (Å²) in [5, 5.41) is 8.54. The Labute approximate surface area is 89.5 Å². The van der Waals surface area contributed by atoms with E-state index in [1.165, 1.54) is 0 Å². The monoisotopic (exact) mass is 199 g/mol. The summed E-state index contributed by atoms with van der Waals surface area (Å²) < 4.78 is 0. The van der Waals surface area contributed by atoms with E-state index in [0.29, 0.717) is 12.8 Å². The summed E-state index contributed by atoms with van der Waals surface area (Å²) in [7, 11) is 0. The average Bonchev–Trinajstić information content (AvgIpc) is 3.09. The van der Waals surface area contributed by atoms with E-state index in [-0.39, 0.29) is 11.7 Å². The zero-order chi connectivity index (χ0) is 10.7. The smallest absolute Gasteiger partial charge is 0.166 e. The largest absolute Gasteiger partial charge is 0.294 e. The van der Waals surface area contributed by atoms with Crippen molar-refractivity contribution in [3.05, 3.63) is 35.4 Å². The lowest BCUT2D eigenvalue weighted by Crippen LogP contribution is -2.05. The first kappa shape index (κ1) is 9.92. The molecule has 0 spiro atoms. The van der Waals surface area contributed by atoms with Crippen molar-refractivity contribution in [3.63, 3.8) is 0 Å². The lowest BCUT2D eigenvalue weighted by atomic mass is 9.98. The van der Waals surface area contributed by atoms with E-state index in [2.05, 4.69) is 6.07 Å². The van der Waals surface area contributed by atoms with Gasteiger partial charge in [-0.05, 0) is 24.8 Å². The Morgan fingerprint density at radius 1 is 1.40 bits per heavy atom. The number of benzene rings is 1. The van der Waals surface area contributed by atoms with Crippen molar-refractivity contribution in [2.45, 2.75) is 25.7 Å². The van der Waals surface area contributed by atoms with Crippen LogP contribution in [0.15, 0.2) is 24.3 Å². The van der Waals surface area contributed by atoms with E-state index in [1.54, 1.807) is 0 Å². The van der Waals surface area contributed by atoms with E-state index < -0.39 is 0 Å². The molecule has 0 bridgehead atoms. The minimum Gasteiger partial charge on any atom is -0.294 e. The van der Waals surface area contributed by atoms with Crippen LogP contribution in [0.5, 0.6) is 0 Å². The summed E-state index contributed by atoms with van der Waals surface area (Å²) >= 11 is 0. The number of ketones is 1. The molecule has 1 saturated carbocycles. The molecule has 0 atom stereocenters. The summed E-state index contributed by atoms with van der Waals surface area (Å²) in [4.78, 5) is 11.9. The van der Waals surface area contributed by atoms with Gasteiger partial charge in [-0.3, -0.25) is 4.79 Å². The Balaban J connectivity index is 2.21. The minimum atomic E-state index is 0.258. The molecule has 0 unspecified atom stereocenters. The highest BCUT2D eigenvalue weighted by atomic mass is 16.1. The highest BCUT2D eigenvalue weighted by Crippen LogP contribution is 2.33. The molecule has 2 nitrogen and oxygen atoms in total. The van der Waals surface area contributed by atoms with Crippen LogP contribution in [0.2, 0.25) is 0 Å². The van der Waals surface area contributed by atoms with Crippen LogP contribution in [0.1, 0.15) is 35.2 Å². The van der Waals surface area contributed by atoms with Crippen molar-refractivity contribution in [1.82, 2.24) is 0 Å². The summed E-state index contributed by atoms with van der Waals surface area (Å²) in [5.41, 5.74) is 1.85. The van der Waals surface area contributed by atoms with Crippen molar-refractivity contribution in [2.75, 3.05) is 0 Å². The Kier molecular flexibility index (Phi) is 2.82. The number of rotatable bonds is 4. The zero-order valence-corrected chi connectivity index (χ0v) is 8.57. The predicted octanol–water partition coefficient (Wildman–Crippen LogP) is 2.74. The maximum atomic E-state index is 11.9. The van der Waals surface area contributed by atoms with Crippen LogP contribution in [-0.4, -0.2) is 5.78 Å². The number of nitriles is 1. The van der Waals surface area contributed by atoms with Gasteiger partial charge in [0.05, 0.1) is 6.07 Å². The minimum absolute atomic E-state index is 0.258. The highest BCUT2D eigenvalue weighted by Gasteiger charge is 2.31. The molecule has 0 heterocycles. The molecule has 76 valence electrons. The average molecular weight is 199 g/mol. The molecule has 1 aromatic rings. The fraction of sp³-hybridized carbons (Fsp3) is 0.385. The molecule has 2 heteroatoms. The van der Waals surface area contributed by atoms with Crippen molar-refractivity contribution >= 4 is 5.78 Å². The Hall–Kier alpha value is -1.62. The number of nitrogens with zero attached hydrogens (tertiary/aromatic N) is 1. The van der Waals surface area contributed by atoms with Gasteiger partial charge in [0.2, 0.25) is 0 Å². The molecule has 1 aliphatic rings. The Morgan fingerprint density at radius 2 is 2.13 bits per heavy atom. The van der Waals surface area contributed by atoms with E-state index in [1.807, 2.05) is 24.3 Å². The number of hydrogen-bond donors (Lipinski definition) is 0. The van der Waals surface area contributed by atoms with Gasteiger partial charge in [0, 0.05) is 17.9 Å². The van der Waals surface area contributed by atoms with Crippen LogP contribution >= 0.6 is 0 Å². The van der Waals surface area contributed by atoms with Gasteiger partial charge in [-0.1, -0.05) is 24.3 Å². The maximum absolute atomic E-state index is 11.9. The molecule has 0 aromatic heterocycles. The normalized spacial score (nSPS) is 14.6. The molecule has 0 amide bonds. The van der Waals surface area contributed by atoms with Gasteiger partial charge in [0.25, 0.3) is 0 Å². The van der Waals surface area contributed by atoms with Gasteiger partial charge in [-0.25, -0.2) is 0 Å². The molecule has 0 saturated heterocycles. The lowest BCUT2D eigenvalue weighted by Gasteiger charge is -2.05. The molecule has 2 rings (SSSR count). The lowest BCUT2D eigenvalue weighted by molar-refractivity contribution is 0.0966. The second kappa shape index (κ2) is 4.27. The van der Waals surface area contributed by atoms with Gasteiger partial charge in [-0.2, -0.15) is 5.26 Å². The maximum Gasteiger partial charge on any atom is 0.166 e. The third kappa shape index (κ3) is 2.24. The summed E-state index contributed by atoms with van der Waals surface area (Å²) in [6.07, 6.45) is 3.23. The standard InChI is InChI=1S/C13H13NO/c14-9-3-5-10-4-1-2-6-12(10)13(15)11-7-8-11/h1-2,4,6,11H,3,5,7-8H2. The molecule has 1 fully saturated rings. The van der Waals surface area contributed by atoms with Crippen LogP contribution in [0.25, 0.3) is 0 Å². The van der Waals surface area contributed by atoms with E-state index >= 15 is 0 Å². The number of Topliss-reactive ketones (excluding diaryl/α,β-unsaturated/α-hetero) is 1. The van der Waals surface area contributed by atoms with Crippen molar-refractivity contribution in [1.29, 1.82) is 5.26 Å². The third-order valence-electron chi connectivity index (χ3n) is 2.74. The quantitative estimate of drug-likeness (QED) is 0.699. The van der Waals surface area contributed by atoms with E-state index in [0.717, 1.165) is 24.0 Å². The van der Waals surface area contributed by atoms with Gasteiger partial charge in [0.15, 0.2) is 5.78 Å². The number of carbonyl (C=O) groups is 1. The second-order valence-corrected chi connectivity index (χ2v) is 3.95. The zero-order valence-electron chi connectivity index (χ0n) is 8.57. The van der Waals surface area contributed by atoms with Crippen molar-refractivity contribution in [3.8, 4) is 6.07 Å². The SMILES string of the molecule is N#CCCc1ccccc1C(=O)C1CC1. The highest BCUT2D eigenvalue weighted by molar-refractivity contribution is 6.00. The summed E-state index contributed by atoms with van der Waals surface area (Å²) in [6, 6.07) is 9.77. The third-order valence-corrected chi connectivity index (χ3v) is 2.74. The first-order chi connectivity index (χ1) is 7.33. The number of aryl methyl sites for hydroxylation is 1.